The van der Waals surface area contributed by atoms with Crippen LogP contribution in [0.1, 0.15) is 0 Å². The Balaban J connectivity index is -0.0000000675. The third-order valence-electron chi connectivity index (χ3n) is 0.805. The van der Waals surface area contributed by atoms with Crippen LogP contribution in [0.4, 0.5) is 0 Å². The van der Waals surface area contributed by atoms with Crippen molar-refractivity contribution >= 4 is 71.1 Å². The molecular formula is C4H10Na2O8. The fourth-order valence-corrected chi connectivity index (χ4v) is 0.270. The standard InChI is InChI=1S/C4H6O6.2Na.2H2O/c5-1(3(7)8)2(6)4(9)10;;;;/h1-2,5-6H,(H,7,8)(H,9,10);;;2*1H2/t1-,2?;;;;/m1..../s1. The van der Waals surface area contributed by atoms with E-state index >= 15 is 0 Å². The van der Waals surface area contributed by atoms with Crippen LogP contribution < -0.4 is 0 Å². The average Bonchev–Trinajstić information content (AvgIpc) is 1.84. The van der Waals surface area contributed by atoms with Crippen LogP contribution in [0.5, 0.6) is 0 Å². The molecule has 0 fully saturated rings. The number of aliphatic hydroxyl groups excluding tert-OH is 2. The van der Waals surface area contributed by atoms with Crippen molar-refractivity contribution in [3.63, 3.8) is 0 Å². The topological polar surface area (TPSA) is 178 Å². The van der Waals surface area contributed by atoms with Gasteiger partial charge < -0.3 is 31.4 Å². The van der Waals surface area contributed by atoms with Gasteiger partial charge in [0.15, 0.2) is 12.2 Å². The SMILES string of the molecule is O.O.O=C(O)C(O)[C@@H](O)C(=O)O.[Na].[Na]. The fraction of sp³-hybridized carbons (Fsp3) is 0.500. The zero-order valence-electron chi connectivity index (χ0n) is 7.76. The van der Waals surface area contributed by atoms with Gasteiger partial charge >= 0.3 is 11.9 Å². The second kappa shape index (κ2) is 13.8. The Kier molecular flexibility index (Phi) is 28.9. The van der Waals surface area contributed by atoms with Gasteiger partial charge in [0.2, 0.25) is 0 Å². The maximum atomic E-state index is 9.77. The minimum Gasteiger partial charge on any atom is -0.479 e. The van der Waals surface area contributed by atoms with Crippen molar-refractivity contribution in [3.05, 3.63) is 0 Å². The van der Waals surface area contributed by atoms with E-state index in [1.807, 2.05) is 0 Å². The molecule has 0 aliphatic rings. The van der Waals surface area contributed by atoms with Crippen LogP contribution in [0, 0.1) is 0 Å². The second-order valence-corrected chi connectivity index (χ2v) is 1.57. The van der Waals surface area contributed by atoms with Crippen molar-refractivity contribution in [1.29, 1.82) is 0 Å². The Morgan fingerprint density at radius 1 is 0.786 bits per heavy atom. The third kappa shape index (κ3) is 10.9. The zero-order chi connectivity index (χ0) is 8.31. The predicted octanol–water partition coefficient (Wildman–Crippen LogP) is -4.53. The molecule has 0 aromatic heterocycles. The van der Waals surface area contributed by atoms with Gasteiger partial charge in [-0.15, -0.1) is 0 Å². The van der Waals surface area contributed by atoms with E-state index in [4.69, 9.17) is 20.4 Å². The van der Waals surface area contributed by atoms with Crippen molar-refractivity contribution in [3.8, 4) is 0 Å². The summed E-state index contributed by atoms with van der Waals surface area (Å²) in [4.78, 5) is 19.5. The van der Waals surface area contributed by atoms with Crippen molar-refractivity contribution in [2.24, 2.45) is 0 Å². The van der Waals surface area contributed by atoms with Crippen LogP contribution in [0.2, 0.25) is 0 Å². The van der Waals surface area contributed by atoms with Gasteiger partial charge in [-0.05, 0) is 0 Å². The molecule has 0 bridgehead atoms. The van der Waals surface area contributed by atoms with Crippen LogP contribution in [-0.4, -0.2) is 115 Å². The van der Waals surface area contributed by atoms with Crippen LogP contribution in [0.25, 0.3) is 0 Å². The van der Waals surface area contributed by atoms with Gasteiger partial charge in [-0.2, -0.15) is 0 Å². The normalized spacial score (nSPS) is 11.3. The predicted molar refractivity (Wildman–Crippen MR) is 46.0 cm³/mol. The van der Waals surface area contributed by atoms with E-state index in [9.17, 15) is 9.59 Å². The maximum absolute atomic E-state index is 9.77. The van der Waals surface area contributed by atoms with Gasteiger partial charge in [0, 0.05) is 59.1 Å². The number of aliphatic carboxylic acids is 2. The number of aliphatic hydroxyl groups is 2. The number of hydrogen-bond acceptors (Lipinski definition) is 4. The summed E-state index contributed by atoms with van der Waals surface area (Å²) >= 11 is 0. The van der Waals surface area contributed by atoms with Crippen molar-refractivity contribution < 1.29 is 41.0 Å². The van der Waals surface area contributed by atoms with Crippen LogP contribution in [-0.2, 0) is 9.59 Å². The molecule has 0 saturated carbocycles. The van der Waals surface area contributed by atoms with Gasteiger partial charge in [-0.3, -0.25) is 0 Å². The minimum atomic E-state index is -2.27. The monoisotopic (exact) mass is 232 g/mol. The summed E-state index contributed by atoms with van der Waals surface area (Å²) < 4.78 is 0. The molecule has 0 aliphatic heterocycles. The summed E-state index contributed by atoms with van der Waals surface area (Å²) in [5.74, 6) is -3.54. The van der Waals surface area contributed by atoms with Gasteiger partial charge in [0.05, 0.1) is 0 Å². The summed E-state index contributed by atoms with van der Waals surface area (Å²) in [5.41, 5.74) is 0. The Morgan fingerprint density at radius 3 is 1.00 bits per heavy atom. The van der Waals surface area contributed by atoms with E-state index < -0.39 is 24.1 Å². The molecule has 0 aromatic rings. The Bertz CT molecular complexity index is 143. The van der Waals surface area contributed by atoms with Gasteiger partial charge in [-0.1, -0.05) is 0 Å². The first-order valence-corrected chi connectivity index (χ1v) is 2.28. The van der Waals surface area contributed by atoms with E-state index in [0.29, 0.717) is 0 Å². The molecule has 0 saturated heterocycles. The Hall–Kier alpha value is 0.780. The third-order valence-corrected chi connectivity index (χ3v) is 0.805. The summed E-state index contributed by atoms with van der Waals surface area (Å²) in [5, 5.41) is 32.5. The molecule has 0 aromatic carbocycles. The molecule has 14 heavy (non-hydrogen) atoms. The first-order chi connectivity index (χ1) is 4.46. The molecule has 2 radical (unpaired) electrons. The molecule has 10 heteroatoms. The van der Waals surface area contributed by atoms with Crippen LogP contribution in [0.3, 0.4) is 0 Å². The summed E-state index contributed by atoms with van der Waals surface area (Å²) in [6, 6.07) is 0. The average molecular weight is 232 g/mol. The van der Waals surface area contributed by atoms with E-state index in [1.165, 1.54) is 0 Å². The first-order valence-electron chi connectivity index (χ1n) is 2.28. The molecule has 2 atom stereocenters. The summed E-state index contributed by atoms with van der Waals surface area (Å²) in [6.45, 7) is 0. The number of carboxylic acid groups (broad SMARTS) is 2. The van der Waals surface area contributed by atoms with E-state index in [-0.39, 0.29) is 70.1 Å². The number of carbonyl (C=O) groups is 2. The van der Waals surface area contributed by atoms with Gasteiger partial charge in [-0.25, -0.2) is 9.59 Å². The van der Waals surface area contributed by atoms with Crippen LogP contribution in [0.15, 0.2) is 0 Å². The molecule has 0 rings (SSSR count). The minimum absolute atomic E-state index is 0. The number of hydrogen-bond donors (Lipinski definition) is 4. The molecule has 0 heterocycles. The molecule has 8 N–H and O–H groups in total. The van der Waals surface area contributed by atoms with E-state index in [2.05, 4.69) is 0 Å². The molecule has 0 aliphatic carbocycles. The molecular weight excluding hydrogens is 222 g/mol. The molecule has 0 spiro atoms. The van der Waals surface area contributed by atoms with E-state index in [0.717, 1.165) is 0 Å². The Labute approximate surface area is 123 Å². The smallest absolute Gasteiger partial charge is 0.335 e. The molecule has 1 unspecified atom stereocenters. The molecule has 8 nitrogen and oxygen atoms in total. The van der Waals surface area contributed by atoms with Gasteiger partial charge in [0.1, 0.15) is 0 Å². The van der Waals surface area contributed by atoms with Crippen molar-refractivity contribution in [2.75, 3.05) is 0 Å². The summed E-state index contributed by atoms with van der Waals surface area (Å²) in [7, 11) is 0. The number of carboxylic acids is 2. The maximum Gasteiger partial charge on any atom is 0.335 e. The first kappa shape index (κ1) is 29.3. The fourth-order valence-electron chi connectivity index (χ4n) is 0.270. The zero-order valence-corrected chi connectivity index (χ0v) is 11.8. The van der Waals surface area contributed by atoms with E-state index in [1.54, 1.807) is 0 Å². The molecule has 0 amide bonds. The van der Waals surface area contributed by atoms with Crippen LogP contribution >= 0.6 is 0 Å². The quantitative estimate of drug-likeness (QED) is 0.356. The largest absolute Gasteiger partial charge is 0.479 e. The van der Waals surface area contributed by atoms with Crippen molar-refractivity contribution in [2.45, 2.75) is 12.2 Å². The Morgan fingerprint density at radius 2 is 0.929 bits per heavy atom. The van der Waals surface area contributed by atoms with Gasteiger partial charge in [0.25, 0.3) is 0 Å². The van der Waals surface area contributed by atoms with Crippen molar-refractivity contribution in [1.82, 2.24) is 0 Å². The number of rotatable bonds is 3. The molecule has 76 valence electrons. The second-order valence-electron chi connectivity index (χ2n) is 1.57. The summed E-state index contributed by atoms with van der Waals surface area (Å²) in [6.07, 6.45) is -4.53.